The molecule has 146 valence electrons. The van der Waals surface area contributed by atoms with Gasteiger partial charge in [0.25, 0.3) is 0 Å². The Morgan fingerprint density at radius 1 is 1.11 bits per heavy atom. The van der Waals surface area contributed by atoms with Crippen LogP contribution in [0.1, 0.15) is 63.9 Å². The molecule has 2 rings (SSSR count). The predicted molar refractivity (Wildman–Crippen MR) is 106 cm³/mol. The average molecular weight is 372 g/mol. The monoisotopic (exact) mass is 372 g/mol. The molecule has 2 aromatic rings. The summed E-state index contributed by atoms with van der Waals surface area (Å²) in [5, 5.41) is 9.22. The summed E-state index contributed by atoms with van der Waals surface area (Å²) in [6.45, 7) is 3.98. The minimum absolute atomic E-state index is 0.0251. The van der Waals surface area contributed by atoms with E-state index in [0.717, 1.165) is 24.8 Å². The fraction of sp³-hybridized carbons (Fsp3) is 0.435. The number of halogens is 1. The lowest BCUT2D eigenvalue weighted by molar-refractivity contribution is -0.134. The van der Waals surface area contributed by atoms with Gasteiger partial charge in [-0.15, -0.1) is 0 Å². The average Bonchev–Trinajstić information content (AvgIpc) is 2.67. The SMILES string of the molecule is CCCCCCCC(=O)Oc1cccc(-c2ccc(C(C)CO)cc2F)c1. The number of carbonyl (C=O) groups is 1. The minimum Gasteiger partial charge on any atom is -0.427 e. The first-order valence-electron chi connectivity index (χ1n) is 9.76. The third-order valence-corrected chi connectivity index (χ3v) is 4.70. The van der Waals surface area contributed by atoms with Gasteiger partial charge in [0.15, 0.2) is 0 Å². The van der Waals surface area contributed by atoms with Gasteiger partial charge in [0.05, 0.1) is 0 Å². The zero-order chi connectivity index (χ0) is 19.6. The summed E-state index contributed by atoms with van der Waals surface area (Å²) >= 11 is 0. The van der Waals surface area contributed by atoms with E-state index < -0.39 is 0 Å². The number of aliphatic hydroxyl groups is 1. The van der Waals surface area contributed by atoms with E-state index in [1.54, 1.807) is 30.3 Å². The first-order chi connectivity index (χ1) is 13.0. The smallest absolute Gasteiger partial charge is 0.311 e. The Kier molecular flexibility index (Phi) is 8.46. The van der Waals surface area contributed by atoms with Crippen LogP contribution in [0.4, 0.5) is 4.39 Å². The number of unbranched alkanes of at least 4 members (excludes halogenated alkanes) is 4. The van der Waals surface area contributed by atoms with Crippen molar-refractivity contribution in [3.05, 3.63) is 53.8 Å². The summed E-state index contributed by atoms with van der Waals surface area (Å²) in [6, 6.07) is 11.9. The number of esters is 1. The van der Waals surface area contributed by atoms with Gasteiger partial charge in [-0.25, -0.2) is 4.39 Å². The van der Waals surface area contributed by atoms with Gasteiger partial charge in [-0.3, -0.25) is 4.79 Å². The Morgan fingerprint density at radius 3 is 2.59 bits per heavy atom. The molecule has 0 aromatic heterocycles. The molecule has 0 aliphatic rings. The molecular weight excluding hydrogens is 343 g/mol. The molecule has 3 nitrogen and oxygen atoms in total. The highest BCUT2D eigenvalue weighted by atomic mass is 19.1. The van der Waals surface area contributed by atoms with E-state index in [-0.39, 0.29) is 24.3 Å². The lowest BCUT2D eigenvalue weighted by Crippen LogP contribution is -2.07. The molecule has 0 saturated heterocycles. The Hall–Kier alpha value is -2.20. The van der Waals surface area contributed by atoms with Gasteiger partial charge in [-0.2, -0.15) is 0 Å². The maximum absolute atomic E-state index is 14.5. The Labute approximate surface area is 161 Å². The van der Waals surface area contributed by atoms with Gasteiger partial charge in [0, 0.05) is 24.5 Å². The second-order valence-corrected chi connectivity index (χ2v) is 6.99. The largest absolute Gasteiger partial charge is 0.427 e. The van der Waals surface area contributed by atoms with Crippen LogP contribution in [-0.4, -0.2) is 17.7 Å². The Bertz CT molecular complexity index is 742. The number of benzene rings is 2. The maximum Gasteiger partial charge on any atom is 0.311 e. The molecule has 0 spiro atoms. The van der Waals surface area contributed by atoms with Crippen molar-refractivity contribution in [3.63, 3.8) is 0 Å². The van der Waals surface area contributed by atoms with Gasteiger partial charge in [0.2, 0.25) is 0 Å². The zero-order valence-corrected chi connectivity index (χ0v) is 16.2. The predicted octanol–water partition coefficient (Wildman–Crippen LogP) is 5.85. The summed E-state index contributed by atoms with van der Waals surface area (Å²) in [5.74, 6) is -0.292. The van der Waals surface area contributed by atoms with Gasteiger partial charge in [0.1, 0.15) is 11.6 Å². The van der Waals surface area contributed by atoms with Crippen LogP contribution >= 0.6 is 0 Å². The van der Waals surface area contributed by atoms with E-state index in [1.807, 2.05) is 13.0 Å². The van der Waals surface area contributed by atoms with Gasteiger partial charge < -0.3 is 9.84 Å². The first kappa shape index (κ1) is 21.1. The topological polar surface area (TPSA) is 46.5 Å². The molecule has 1 N–H and O–H groups in total. The van der Waals surface area contributed by atoms with Crippen molar-refractivity contribution >= 4 is 5.97 Å². The van der Waals surface area contributed by atoms with E-state index in [0.29, 0.717) is 23.3 Å². The second-order valence-electron chi connectivity index (χ2n) is 6.99. The molecule has 0 bridgehead atoms. The summed E-state index contributed by atoms with van der Waals surface area (Å²) in [4.78, 5) is 12.0. The van der Waals surface area contributed by atoms with Crippen molar-refractivity contribution in [3.8, 4) is 16.9 Å². The van der Waals surface area contributed by atoms with Gasteiger partial charge >= 0.3 is 5.97 Å². The molecule has 2 aromatic carbocycles. The molecule has 27 heavy (non-hydrogen) atoms. The number of aliphatic hydroxyl groups excluding tert-OH is 1. The number of carbonyl (C=O) groups excluding carboxylic acids is 1. The van der Waals surface area contributed by atoms with Crippen molar-refractivity contribution in [2.24, 2.45) is 0 Å². The molecule has 1 atom stereocenters. The number of hydrogen-bond acceptors (Lipinski definition) is 3. The summed E-state index contributed by atoms with van der Waals surface area (Å²) in [5.41, 5.74) is 1.86. The Balaban J connectivity index is 2.01. The maximum atomic E-state index is 14.5. The molecule has 0 heterocycles. The van der Waals surface area contributed by atoms with Crippen molar-refractivity contribution < 1.29 is 19.0 Å². The van der Waals surface area contributed by atoms with Crippen molar-refractivity contribution in [1.29, 1.82) is 0 Å². The third kappa shape index (κ3) is 6.47. The van der Waals surface area contributed by atoms with E-state index in [9.17, 15) is 14.3 Å². The molecule has 0 amide bonds. The normalized spacial score (nSPS) is 12.0. The van der Waals surface area contributed by atoms with E-state index in [4.69, 9.17) is 4.74 Å². The fourth-order valence-electron chi connectivity index (χ4n) is 2.96. The van der Waals surface area contributed by atoms with Crippen LogP contribution in [-0.2, 0) is 4.79 Å². The van der Waals surface area contributed by atoms with Crippen LogP contribution < -0.4 is 4.74 Å². The molecule has 0 aliphatic carbocycles. The summed E-state index contributed by atoms with van der Waals surface area (Å²) < 4.78 is 19.9. The van der Waals surface area contributed by atoms with Crippen LogP contribution in [0.5, 0.6) is 5.75 Å². The van der Waals surface area contributed by atoms with Crippen molar-refractivity contribution in [1.82, 2.24) is 0 Å². The van der Waals surface area contributed by atoms with E-state index >= 15 is 0 Å². The highest BCUT2D eigenvalue weighted by molar-refractivity contribution is 5.73. The quantitative estimate of drug-likeness (QED) is 0.323. The molecule has 0 radical (unpaired) electrons. The van der Waals surface area contributed by atoms with Crippen molar-refractivity contribution in [2.75, 3.05) is 6.61 Å². The van der Waals surface area contributed by atoms with Gasteiger partial charge in [-0.1, -0.05) is 63.8 Å². The molecule has 0 fully saturated rings. The zero-order valence-electron chi connectivity index (χ0n) is 16.2. The van der Waals surface area contributed by atoms with Gasteiger partial charge in [-0.05, 0) is 35.7 Å². The lowest BCUT2D eigenvalue weighted by atomic mass is 9.97. The van der Waals surface area contributed by atoms with E-state index in [2.05, 4.69) is 6.92 Å². The highest BCUT2D eigenvalue weighted by Crippen LogP contribution is 2.29. The van der Waals surface area contributed by atoms with Crippen LogP contribution in [0.25, 0.3) is 11.1 Å². The highest BCUT2D eigenvalue weighted by Gasteiger charge is 2.12. The van der Waals surface area contributed by atoms with Crippen LogP contribution in [0, 0.1) is 5.82 Å². The molecule has 0 saturated carbocycles. The molecule has 1 unspecified atom stereocenters. The number of hydrogen-bond donors (Lipinski definition) is 1. The van der Waals surface area contributed by atoms with Crippen molar-refractivity contribution in [2.45, 2.75) is 58.3 Å². The minimum atomic E-state index is -0.354. The number of ether oxygens (including phenoxy) is 1. The third-order valence-electron chi connectivity index (χ3n) is 4.70. The van der Waals surface area contributed by atoms with Crippen LogP contribution in [0.3, 0.4) is 0 Å². The number of rotatable bonds is 10. The Morgan fingerprint density at radius 2 is 1.89 bits per heavy atom. The van der Waals surface area contributed by atoms with Crippen LogP contribution in [0.2, 0.25) is 0 Å². The second kappa shape index (κ2) is 10.8. The lowest BCUT2D eigenvalue weighted by Gasteiger charge is -2.11. The molecule has 0 aliphatic heterocycles. The van der Waals surface area contributed by atoms with E-state index in [1.165, 1.54) is 18.9 Å². The summed E-state index contributed by atoms with van der Waals surface area (Å²) in [6.07, 6.45) is 5.77. The first-order valence-corrected chi connectivity index (χ1v) is 9.76. The fourth-order valence-corrected chi connectivity index (χ4v) is 2.96. The summed E-state index contributed by atoms with van der Waals surface area (Å²) in [7, 11) is 0. The van der Waals surface area contributed by atoms with Crippen LogP contribution in [0.15, 0.2) is 42.5 Å². The molecule has 4 heteroatoms. The standard InChI is InChI=1S/C23H29FO3/c1-3-4-5-6-7-11-23(26)27-20-10-8-9-19(14-20)21-13-12-18(15-22(21)24)17(2)16-25/h8-10,12-15,17,25H,3-7,11,16H2,1-2H3. The molecular formula is C23H29FO3.